The van der Waals surface area contributed by atoms with E-state index in [4.69, 9.17) is 9.26 Å². The molecular formula is C24H28N4O5S. The lowest BCUT2D eigenvalue weighted by Gasteiger charge is -2.12. The van der Waals surface area contributed by atoms with Crippen LogP contribution in [-0.2, 0) is 21.2 Å². The van der Waals surface area contributed by atoms with Gasteiger partial charge in [0, 0.05) is 24.1 Å². The first-order valence-electron chi connectivity index (χ1n) is 11.2. The van der Waals surface area contributed by atoms with Gasteiger partial charge in [0.05, 0.1) is 4.90 Å². The molecule has 2 aromatic carbocycles. The van der Waals surface area contributed by atoms with Crippen molar-refractivity contribution in [2.45, 2.75) is 56.9 Å². The molecule has 1 saturated carbocycles. The number of aryl methyl sites for hydroxylation is 1. The number of hydrogen-bond donors (Lipinski definition) is 2. The third-order valence-corrected chi connectivity index (χ3v) is 6.81. The topological polar surface area (TPSA) is 123 Å². The standard InChI is InChI=1S/C24H28N4O5S/c1-15(2)24-26-22(27-33-24)13-17-4-6-18(7-5-17)25-23(29)14-32-21-11-10-20(12-16(21)3)34(30,31)28-19-8-9-19/h4-7,10-12,15,19,28H,8-9,13-14H2,1-3H3,(H,25,29). The zero-order valence-corrected chi connectivity index (χ0v) is 20.2. The van der Waals surface area contributed by atoms with Crippen molar-refractivity contribution < 1.29 is 22.5 Å². The summed E-state index contributed by atoms with van der Waals surface area (Å²) in [4.78, 5) is 16.9. The minimum Gasteiger partial charge on any atom is -0.483 e. The van der Waals surface area contributed by atoms with E-state index in [9.17, 15) is 13.2 Å². The van der Waals surface area contributed by atoms with Gasteiger partial charge in [-0.1, -0.05) is 31.1 Å². The predicted molar refractivity (Wildman–Crippen MR) is 126 cm³/mol. The number of anilines is 1. The summed E-state index contributed by atoms with van der Waals surface area (Å²) in [6, 6.07) is 12.0. The van der Waals surface area contributed by atoms with Crippen LogP contribution in [0.25, 0.3) is 0 Å². The van der Waals surface area contributed by atoms with Crippen molar-refractivity contribution in [3.05, 3.63) is 65.3 Å². The van der Waals surface area contributed by atoms with E-state index in [2.05, 4.69) is 20.2 Å². The normalized spacial score (nSPS) is 13.8. The molecule has 0 atom stereocenters. The van der Waals surface area contributed by atoms with Gasteiger partial charge < -0.3 is 14.6 Å². The number of nitrogens with one attached hydrogen (secondary N) is 2. The molecule has 180 valence electrons. The molecule has 0 bridgehead atoms. The number of ether oxygens (including phenoxy) is 1. The van der Waals surface area contributed by atoms with E-state index in [-0.39, 0.29) is 29.4 Å². The Morgan fingerprint density at radius 2 is 1.91 bits per heavy atom. The van der Waals surface area contributed by atoms with Crippen LogP contribution in [0.4, 0.5) is 5.69 Å². The fourth-order valence-corrected chi connectivity index (χ4v) is 4.63. The minimum absolute atomic E-state index is 0.0377. The molecular weight excluding hydrogens is 456 g/mol. The van der Waals surface area contributed by atoms with Gasteiger partial charge in [-0.3, -0.25) is 4.79 Å². The smallest absolute Gasteiger partial charge is 0.262 e. The van der Waals surface area contributed by atoms with E-state index in [1.54, 1.807) is 31.2 Å². The molecule has 0 radical (unpaired) electrons. The Bertz CT molecular complexity index is 1260. The first kappa shape index (κ1) is 23.9. The third-order valence-electron chi connectivity index (χ3n) is 5.29. The summed E-state index contributed by atoms with van der Waals surface area (Å²) in [5.41, 5.74) is 2.27. The maximum absolute atomic E-state index is 12.3. The van der Waals surface area contributed by atoms with Crippen molar-refractivity contribution in [2.75, 3.05) is 11.9 Å². The molecule has 9 nitrogen and oxygen atoms in total. The Balaban J connectivity index is 1.28. The third kappa shape index (κ3) is 6.21. The van der Waals surface area contributed by atoms with Crippen molar-refractivity contribution in [2.24, 2.45) is 0 Å². The number of hydrogen-bond acceptors (Lipinski definition) is 7. The van der Waals surface area contributed by atoms with Gasteiger partial charge in [0.15, 0.2) is 12.4 Å². The van der Waals surface area contributed by atoms with Crippen LogP contribution in [0.1, 0.15) is 55.4 Å². The maximum Gasteiger partial charge on any atom is 0.262 e. The van der Waals surface area contributed by atoms with Crippen LogP contribution in [0.5, 0.6) is 5.75 Å². The molecule has 1 aromatic heterocycles. The number of amides is 1. The number of carbonyl (C=O) groups excluding carboxylic acids is 1. The van der Waals surface area contributed by atoms with E-state index in [1.807, 2.05) is 26.0 Å². The molecule has 2 N–H and O–H groups in total. The lowest BCUT2D eigenvalue weighted by atomic mass is 10.1. The molecule has 34 heavy (non-hydrogen) atoms. The number of sulfonamides is 1. The zero-order chi connectivity index (χ0) is 24.3. The lowest BCUT2D eigenvalue weighted by Crippen LogP contribution is -2.25. The van der Waals surface area contributed by atoms with Gasteiger partial charge in [-0.15, -0.1) is 0 Å². The quantitative estimate of drug-likeness (QED) is 0.451. The van der Waals surface area contributed by atoms with Crippen molar-refractivity contribution in [1.82, 2.24) is 14.9 Å². The van der Waals surface area contributed by atoms with E-state index in [1.165, 1.54) is 6.07 Å². The van der Waals surface area contributed by atoms with Crippen LogP contribution in [-0.4, -0.2) is 37.1 Å². The maximum atomic E-state index is 12.3. The number of rotatable bonds is 10. The summed E-state index contributed by atoms with van der Waals surface area (Å²) in [7, 11) is -3.53. The molecule has 4 rings (SSSR count). The SMILES string of the molecule is Cc1cc(S(=O)(=O)NC2CC2)ccc1OCC(=O)Nc1ccc(Cc2noc(C(C)C)n2)cc1. The molecule has 1 aliphatic carbocycles. The summed E-state index contributed by atoms with van der Waals surface area (Å²) in [5.74, 6) is 1.54. The van der Waals surface area contributed by atoms with Gasteiger partial charge in [-0.25, -0.2) is 13.1 Å². The van der Waals surface area contributed by atoms with Gasteiger partial charge in [-0.05, 0) is 61.2 Å². The van der Waals surface area contributed by atoms with Crippen LogP contribution in [0.3, 0.4) is 0 Å². The number of aromatic nitrogens is 2. The highest BCUT2D eigenvalue weighted by Crippen LogP contribution is 2.25. The highest BCUT2D eigenvalue weighted by Gasteiger charge is 2.28. The summed E-state index contributed by atoms with van der Waals surface area (Å²) < 4.78 is 38.2. The Morgan fingerprint density at radius 3 is 2.53 bits per heavy atom. The second-order valence-electron chi connectivity index (χ2n) is 8.74. The molecule has 1 heterocycles. The first-order valence-corrected chi connectivity index (χ1v) is 12.6. The number of benzene rings is 2. The van der Waals surface area contributed by atoms with E-state index in [0.717, 1.165) is 18.4 Å². The highest BCUT2D eigenvalue weighted by atomic mass is 32.2. The molecule has 1 amide bonds. The lowest BCUT2D eigenvalue weighted by molar-refractivity contribution is -0.118. The number of nitrogens with zero attached hydrogens (tertiary/aromatic N) is 2. The molecule has 3 aromatic rings. The second kappa shape index (κ2) is 9.94. The van der Waals surface area contributed by atoms with Crippen molar-refractivity contribution in [3.8, 4) is 5.75 Å². The Hall–Kier alpha value is -3.24. The van der Waals surface area contributed by atoms with Crippen molar-refractivity contribution in [3.63, 3.8) is 0 Å². The van der Waals surface area contributed by atoms with Gasteiger partial charge in [-0.2, -0.15) is 4.98 Å². The fourth-order valence-electron chi connectivity index (χ4n) is 3.24. The van der Waals surface area contributed by atoms with Gasteiger partial charge >= 0.3 is 0 Å². The summed E-state index contributed by atoms with van der Waals surface area (Å²) in [6.07, 6.45) is 2.28. The van der Waals surface area contributed by atoms with Gasteiger partial charge in [0.2, 0.25) is 15.9 Å². The molecule has 1 fully saturated rings. The second-order valence-corrected chi connectivity index (χ2v) is 10.5. The van der Waals surface area contributed by atoms with Crippen molar-refractivity contribution >= 4 is 21.6 Å². The van der Waals surface area contributed by atoms with Crippen LogP contribution in [0.2, 0.25) is 0 Å². The first-order chi connectivity index (χ1) is 16.2. The van der Waals surface area contributed by atoms with Crippen LogP contribution >= 0.6 is 0 Å². The monoisotopic (exact) mass is 484 g/mol. The van der Waals surface area contributed by atoms with Gasteiger partial charge in [0.25, 0.3) is 5.91 Å². The Kier molecular flexibility index (Phi) is 6.99. The highest BCUT2D eigenvalue weighted by molar-refractivity contribution is 7.89. The zero-order valence-electron chi connectivity index (χ0n) is 19.4. The van der Waals surface area contributed by atoms with E-state index < -0.39 is 10.0 Å². The molecule has 0 spiro atoms. The van der Waals surface area contributed by atoms with E-state index >= 15 is 0 Å². The van der Waals surface area contributed by atoms with Crippen LogP contribution in [0.15, 0.2) is 51.9 Å². The summed E-state index contributed by atoms with van der Waals surface area (Å²) >= 11 is 0. The fraction of sp³-hybridized carbons (Fsp3) is 0.375. The summed E-state index contributed by atoms with van der Waals surface area (Å²) in [6.45, 7) is 5.53. The molecule has 0 saturated heterocycles. The Morgan fingerprint density at radius 1 is 1.18 bits per heavy atom. The van der Waals surface area contributed by atoms with Gasteiger partial charge in [0.1, 0.15) is 5.75 Å². The average Bonchev–Trinajstić information content (AvgIpc) is 3.46. The molecule has 0 aliphatic heterocycles. The van der Waals surface area contributed by atoms with E-state index in [0.29, 0.717) is 35.1 Å². The average molecular weight is 485 g/mol. The minimum atomic E-state index is -3.53. The Labute approximate surface area is 199 Å². The van der Waals surface area contributed by atoms with Crippen LogP contribution in [0, 0.1) is 6.92 Å². The van der Waals surface area contributed by atoms with Crippen LogP contribution < -0.4 is 14.8 Å². The largest absolute Gasteiger partial charge is 0.483 e. The number of carbonyl (C=O) groups is 1. The molecule has 10 heteroatoms. The summed E-state index contributed by atoms with van der Waals surface area (Å²) in [5, 5.41) is 6.77. The predicted octanol–water partition coefficient (Wildman–Crippen LogP) is 3.55. The molecule has 0 unspecified atom stereocenters. The molecule has 1 aliphatic rings. The van der Waals surface area contributed by atoms with Crippen molar-refractivity contribution in [1.29, 1.82) is 0 Å².